The van der Waals surface area contributed by atoms with E-state index >= 15 is 0 Å². The van der Waals surface area contributed by atoms with Crippen LogP contribution in [0.25, 0.3) is 6.08 Å². The second kappa shape index (κ2) is 8.01. The Labute approximate surface area is 160 Å². The van der Waals surface area contributed by atoms with Crippen molar-refractivity contribution in [2.75, 3.05) is 14.2 Å². The Morgan fingerprint density at radius 2 is 1.85 bits per heavy atom. The zero-order valence-electron chi connectivity index (χ0n) is 14.7. The number of phenols is 1. The molecule has 2 aromatic rings. The third kappa shape index (κ3) is 3.98. The highest BCUT2D eigenvalue weighted by Gasteiger charge is 2.33. The van der Waals surface area contributed by atoms with Crippen molar-refractivity contribution in [3.63, 3.8) is 0 Å². The number of aromatic hydroxyl groups is 1. The van der Waals surface area contributed by atoms with E-state index in [0.29, 0.717) is 26.9 Å². The number of aliphatic imine (C=N–C) groups is 1. The van der Waals surface area contributed by atoms with Gasteiger partial charge in [-0.25, -0.2) is 9.79 Å². The van der Waals surface area contributed by atoms with Gasteiger partial charge in [0.1, 0.15) is 16.4 Å². The monoisotopic (exact) mass is 383 g/mol. The molecule has 7 heteroatoms. The molecule has 2 aromatic carbocycles. The van der Waals surface area contributed by atoms with Crippen molar-refractivity contribution in [2.45, 2.75) is 0 Å². The molecular formula is C20H17NO5S. The van der Waals surface area contributed by atoms with E-state index in [-0.39, 0.29) is 17.1 Å². The molecule has 0 radical (unpaired) electrons. The number of nitrogens with zero attached hydrogens (tertiary/aromatic N) is 1. The van der Waals surface area contributed by atoms with Gasteiger partial charge in [0.2, 0.25) is 0 Å². The number of benzene rings is 2. The molecule has 0 aromatic heterocycles. The number of aliphatic hydroxyl groups is 1. The largest absolute Gasteiger partial charge is 0.506 e. The van der Waals surface area contributed by atoms with Gasteiger partial charge in [-0.15, -0.1) is 0 Å². The standard InChI is InChI=1S/C20H17NO5S/c1-25-15-10-12(8-9-14(15)22)11-16-18(23)17(20(24)26-2)19(27-16)21-13-6-4-3-5-7-13/h3-11,22-23H,1-2H3/b16-11+,21-19?. The maximum absolute atomic E-state index is 12.2. The van der Waals surface area contributed by atoms with Crippen LogP contribution in [0.15, 0.2) is 69.8 Å². The average Bonchev–Trinajstić information content (AvgIpc) is 2.98. The van der Waals surface area contributed by atoms with E-state index in [2.05, 4.69) is 4.99 Å². The first kappa shape index (κ1) is 18.6. The Balaban J connectivity index is 2.04. The molecular weight excluding hydrogens is 366 g/mol. The van der Waals surface area contributed by atoms with Gasteiger partial charge in [0.05, 0.1) is 24.8 Å². The lowest BCUT2D eigenvalue weighted by Gasteiger charge is -2.04. The molecule has 27 heavy (non-hydrogen) atoms. The summed E-state index contributed by atoms with van der Waals surface area (Å²) in [6.07, 6.45) is 1.68. The Morgan fingerprint density at radius 1 is 1.11 bits per heavy atom. The van der Waals surface area contributed by atoms with Crippen molar-refractivity contribution in [3.8, 4) is 11.5 Å². The molecule has 0 aliphatic carbocycles. The second-order valence-corrected chi connectivity index (χ2v) is 6.54. The number of para-hydroxylation sites is 1. The molecule has 0 bridgehead atoms. The fourth-order valence-electron chi connectivity index (χ4n) is 2.45. The van der Waals surface area contributed by atoms with E-state index in [0.717, 1.165) is 11.8 Å². The van der Waals surface area contributed by atoms with Crippen LogP contribution in [0.4, 0.5) is 5.69 Å². The summed E-state index contributed by atoms with van der Waals surface area (Å²) in [6.45, 7) is 0. The van der Waals surface area contributed by atoms with Crippen molar-refractivity contribution >= 4 is 34.5 Å². The molecule has 2 N–H and O–H groups in total. The number of methoxy groups -OCH3 is 2. The summed E-state index contributed by atoms with van der Waals surface area (Å²) < 4.78 is 9.89. The number of carbonyl (C=O) groups is 1. The molecule has 0 spiro atoms. The number of thioether (sulfide) groups is 1. The number of phenolic OH excluding ortho intramolecular Hbond substituents is 1. The summed E-state index contributed by atoms with van der Waals surface area (Å²) in [5.41, 5.74) is 1.36. The first-order valence-corrected chi connectivity index (χ1v) is 8.77. The van der Waals surface area contributed by atoms with Gasteiger partial charge in [-0.05, 0) is 35.9 Å². The van der Waals surface area contributed by atoms with Gasteiger partial charge in [-0.3, -0.25) is 0 Å². The summed E-state index contributed by atoms with van der Waals surface area (Å²) in [4.78, 5) is 17.1. The summed E-state index contributed by atoms with van der Waals surface area (Å²) in [6, 6.07) is 13.9. The van der Waals surface area contributed by atoms with Gasteiger partial charge in [0, 0.05) is 0 Å². The summed E-state index contributed by atoms with van der Waals surface area (Å²) in [5.74, 6) is -0.544. The molecule has 1 heterocycles. The van der Waals surface area contributed by atoms with Crippen molar-refractivity contribution in [3.05, 3.63) is 70.3 Å². The maximum atomic E-state index is 12.2. The van der Waals surface area contributed by atoms with Crippen LogP contribution >= 0.6 is 11.8 Å². The van der Waals surface area contributed by atoms with Crippen LogP contribution in [0.1, 0.15) is 5.56 Å². The van der Waals surface area contributed by atoms with Crippen molar-refractivity contribution in [1.82, 2.24) is 0 Å². The first-order chi connectivity index (χ1) is 13.0. The molecule has 138 valence electrons. The van der Waals surface area contributed by atoms with Gasteiger partial charge in [-0.2, -0.15) is 0 Å². The van der Waals surface area contributed by atoms with Crippen molar-refractivity contribution < 1.29 is 24.5 Å². The van der Waals surface area contributed by atoms with E-state index in [1.165, 1.54) is 20.3 Å². The summed E-state index contributed by atoms with van der Waals surface area (Å²) in [7, 11) is 2.70. The lowest BCUT2D eigenvalue weighted by Crippen LogP contribution is -2.10. The molecule has 0 unspecified atom stereocenters. The van der Waals surface area contributed by atoms with Crippen LogP contribution in [-0.4, -0.2) is 35.4 Å². The van der Waals surface area contributed by atoms with Gasteiger partial charge >= 0.3 is 5.97 Å². The van der Waals surface area contributed by atoms with E-state index in [9.17, 15) is 15.0 Å². The predicted molar refractivity (Wildman–Crippen MR) is 105 cm³/mol. The van der Waals surface area contributed by atoms with Crippen LogP contribution in [0.2, 0.25) is 0 Å². The van der Waals surface area contributed by atoms with Crippen molar-refractivity contribution in [2.24, 2.45) is 4.99 Å². The van der Waals surface area contributed by atoms with E-state index in [1.807, 2.05) is 18.2 Å². The molecule has 0 amide bonds. The van der Waals surface area contributed by atoms with Crippen LogP contribution < -0.4 is 4.74 Å². The number of esters is 1. The van der Waals surface area contributed by atoms with Crippen molar-refractivity contribution in [1.29, 1.82) is 0 Å². The van der Waals surface area contributed by atoms with Crippen LogP contribution in [0.3, 0.4) is 0 Å². The SMILES string of the molecule is COC(=O)C1=C(O)/C(=C\c2ccc(O)c(OC)c2)SC1=Nc1ccccc1. The second-order valence-electron chi connectivity index (χ2n) is 5.51. The Hall–Kier alpha value is -3.19. The van der Waals surface area contributed by atoms with Crippen LogP contribution in [-0.2, 0) is 9.53 Å². The van der Waals surface area contributed by atoms with Gasteiger partial charge in [0.25, 0.3) is 0 Å². The summed E-state index contributed by atoms with van der Waals surface area (Å²) >= 11 is 1.16. The Kier molecular flexibility index (Phi) is 5.52. The third-order valence-corrected chi connectivity index (χ3v) is 4.79. The minimum absolute atomic E-state index is 0.0140. The van der Waals surface area contributed by atoms with E-state index in [4.69, 9.17) is 9.47 Å². The molecule has 3 rings (SSSR count). The highest BCUT2D eigenvalue weighted by Crippen LogP contribution is 2.40. The highest BCUT2D eigenvalue weighted by molar-refractivity contribution is 8.18. The normalized spacial score (nSPS) is 16.8. The van der Waals surface area contributed by atoms with Crippen LogP contribution in [0, 0.1) is 0 Å². The lowest BCUT2D eigenvalue weighted by atomic mass is 10.1. The van der Waals surface area contributed by atoms with Gasteiger partial charge < -0.3 is 19.7 Å². The molecule has 0 atom stereocenters. The Bertz CT molecular complexity index is 964. The Morgan fingerprint density at radius 3 is 2.52 bits per heavy atom. The van der Waals surface area contributed by atoms with Gasteiger partial charge in [0.15, 0.2) is 11.5 Å². The number of rotatable bonds is 4. The molecule has 0 saturated carbocycles. The lowest BCUT2D eigenvalue weighted by molar-refractivity contribution is -0.135. The zero-order valence-corrected chi connectivity index (χ0v) is 15.5. The molecule has 6 nitrogen and oxygen atoms in total. The molecule has 0 fully saturated rings. The first-order valence-electron chi connectivity index (χ1n) is 7.96. The van der Waals surface area contributed by atoms with Gasteiger partial charge in [-0.1, -0.05) is 36.0 Å². The number of hydrogen-bond donors (Lipinski definition) is 2. The molecule has 0 saturated heterocycles. The number of hydrogen-bond acceptors (Lipinski definition) is 7. The quantitative estimate of drug-likeness (QED) is 0.769. The highest BCUT2D eigenvalue weighted by atomic mass is 32.2. The summed E-state index contributed by atoms with van der Waals surface area (Å²) in [5, 5.41) is 20.6. The smallest absolute Gasteiger partial charge is 0.344 e. The third-order valence-electron chi connectivity index (χ3n) is 3.77. The van der Waals surface area contributed by atoms with Crippen LogP contribution in [0.5, 0.6) is 11.5 Å². The number of carbonyl (C=O) groups excluding carboxylic acids is 1. The number of aliphatic hydroxyl groups excluding tert-OH is 1. The minimum atomic E-state index is -0.665. The fraction of sp³-hybridized carbons (Fsp3) is 0.100. The topological polar surface area (TPSA) is 88.4 Å². The van der Waals surface area contributed by atoms with E-state index in [1.54, 1.807) is 30.3 Å². The maximum Gasteiger partial charge on any atom is 0.344 e. The average molecular weight is 383 g/mol. The molecule has 1 aliphatic rings. The number of ether oxygens (including phenoxy) is 2. The van der Waals surface area contributed by atoms with E-state index < -0.39 is 5.97 Å². The minimum Gasteiger partial charge on any atom is -0.506 e. The fourth-order valence-corrected chi connectivity index (χ4v) is 3.48. The molecule has 1 aliphatic heterocycles. The zero-order chi connectivity index (χ0) is 19.4. The predicted octanol–water partition coefficient (Wildman–Crippen LogP) is 4.20.